The van der Waals surface area contributed by atoms with Gasteiger partial charge in [0.15, 0.2) is 10.9 Å². The summed E-state index contributed by atoms with van der Waals surface area (Å²) in [5.74, 6) is 1.80. The summed E-state index contributed by atoms with van der Waals surface area (Å²) in [6, 6.07) is 19.8. The predicted molar refractivity (Wildman–Crippen MR) is 118 cm³/mol. The quantitative estimate of drug-likeness (QED) is 0.436. The predicted octanol–water partition coefficient (Wildman–Crippen LogP) is 4.79. The zero-order valence-corrected chi connectivity index (χ0v) is 17.3. The zero-order chi connectivity index (χ0) is 20.3. The summed E-state index contributed by atoms with van der Waals surface area (Å²) in [6.45, 7) is 1.71. The van der Waals surface area contributed by atoms with E-state index < -0.39 is 0 Å². The lowest BCUT2D eigenvalue weighted by Crippen LogP contribution is -2.36. The van der Waals surface area contributed by atoms with E-state index in [0.29, 0.717) is 22.5 Å². The molecule has 2 aromatic heterocycles. The van der Waals surface area contributed by atoms with Crippen LogP contribution in [-0.2, 0) is 4.79 Å². The molecule has 6 nitrogen and oxygen atoms in total. The van der Waals surface area contributed by atoms with Crippen LogP contribution in [0.1, 0.15) is 19.3 Å². The van der Waals surface area contributed by atoms with Crippen LogP contribution in [0, 0.1) is 0 Å². The molecule has 1 saturated heterocycles. The number of amides is 1. The summed E-state index contributed by atoms with van der Waals surface area (Å²) < 4.78 is 8.01. The smallest absolute Gasteiger partial charge is 0.233 e. The van der Waals surface area contributed by atoms with Crippen molar-refractivity contribution in [1.29, 1.82) is 0 Å². The zero-order valence-electron chi connectivity index (χ0n) is 16.5. The molecule has 0 atom stereocenters. The highest BCUT2D eigenvalue weighted by Crippen LogP contribution is 2.31. The van der Waals surface area contributed by atoms with Crippen molar-refractivity contribution >= 4 is 28.6 Å². The number of aromatic nitrogens is 3. The topological polar surface area (TPSA) is 64.2 Å². The van der Waals surface area contributed by atoms with Crippen molar-refractivity contribution in [2.75, 3.05) is 18.8 Å². The number of carbonyl (C=O) groups excluding carboxylic acids is 1. The van der Waals surface area contributed by atoms with Crippen molar-refractivity contribution in [1.82, 2.24) is 19.7 Å². The highest BCUT2D eigenvalue weighted by Gasteiger charge is 2.22. The molecule has 0 radical (unpaired) electrons. The molecule has 1 aliphatic heterocycles. The molecule has 2 aromatic carbocycles. The van der Waals surface area contributed by atoms with Crippen LogP contribution in [0.25, 0.3) is 28.2 Å². The third-order valence-corrected chi connectivity index (χ3v) is 6.24. The summed E-state index contributed by atoms with van der Waals surface area (Å²) >= 11 is 1.42. The Balaban J connectivity index is 1.48. The normalized spacial score (nSPS) is 14.3. The number of carbonyl (C=O) groups is 1. The maximum absolute atomic E-state index is 12.6. The van der Waals surface area contributed by atoms with Crippen molar-refractivity contribution < 1.29 is 9.21 Å². The molecule has 0 saturated carbocycles. The molecule has 3 heterocycles. The van der Waals surface area contributed by atoms with Crippen LogP contribution >= 0.6 is 11.8 Å². The van der Waals surface area contributed by atoms with Gasteiger partial charge in [0.25, 0.3) is 0 Å². The maximum atomic E-state index is 12.6. The van der Waals surface area contributed by atoms with Crippen molar-refractivity contribution in [2.45, 2.75) is 24.4 Å². The summed E-state index contributed by atoms with van der Waals surface area (Å²) in [4.78, 5) is 14.6. The molecule has 5 rings (SSSR count). The second-order valence-corrected chi connectivity index (χ2v) is 8.30. The summed E-state index contributed by atoms with van der Waals surface area (Å²) in [6.07, 6.45) is 3.39. The largest absolute Gasteiger partial charge is 0.453 e. The molecule has 1 aliphatic rings. The molecular weight excluding hydrogens is 396 g/mol. The van der Waals surface area contributed by atoms with Gasteiger partial charge in [0.1, 0.15) is 5.58 Å². The first-order chi connectivity index (χ1) is 14.8. The lowest BCUT2D eigenvalue weighted by molar-refractivity contribution is -0.129. The Hall–Kier alpha value is -3.06. The van der Waals surface area contributed by atoms with E-state index in [1.807, 2.05) is 70.1 Å². The van der Waals surface area contributed by atoms with Gasteiger partial charge in [0, 0.05) is 24.2 Å². The Morgan fingerprint density at radius 1 is 0.967 bits per heavy atom. The van der Waals surface area contributed by atoms with Crippen molar-refractivity contribution in [2.24, 2.45) is 0 Å². The molecular formula is C23H22N4O2S. The number of likely N-dealkylation sites (tertiary alicyclic amines) is 1. The van der Waals surface area contributed by atoms with E-state index in [9.17, 15) is 4.79 Å². The highest BCUT2D eigenvalue weighted by molar-refractivity contribution is 7.99. The Kier molecular flexibility index (Phi) is 5.27. The van der Waals surface area contributed by atoms with Gasteiger partial charge in [-0.05, 0) is 43.5 Å². The summed E-state index contributed by atoms with van der Waals surface area (Å²) in [5, 5.41) is 10.5. The number of thioether (sulfide) groups is 1. The number of hydrogen-bond acceptors (Lipinski definition) is 5. The number of para-hydroxylation sites is 2. The number of benzene rings is 2. The fourth-order valence-corrected chi connectivity index (χ4v) is 4.64. The lowest BCUT2D eigenvalue weighted by atomic mass is 10.1. The SMILES string of the molecule is O=C(CSc1nnc(-c2cc3ccccc3o2)n1-c1ccccc1)N1CCCCC1. The molecule has 0 N–H and O–H groups in total. The Bertz CT molecular complexity index is 1130. The molecule has 0 spiro atoms. The number of nitrogens with zero attached hydrogens (tertiary/aromatic N) is 4. The minimum absolute atomic E-state index is 0.160. The first kappa shape index (κ1) is 18.9. The van der Waals surface area contributed by atoms with Gasteiger partial charge < -0.3 is 9.32 Å². The van der Waals surface area contributed by atoms with Crippen molar-refractivity contribution in [3.8, 4) is 17.3 Å². The van der Waals surface area contributed by atoms with Crippen LogP contribution in [0.2, 0.25) is 0 Å². The lowest BCUT2D eigenvalue weighted by Gasteiger charge is -2.26. The molecule has 4 aromatic rings. The van der Waals surface area contributed by atoms with E-state index in [1.165, 1.54) is 18.2 Å². The second-order valence-electron chi connectivity index (χ2n) is 7.36. The minimum atomic E-state index is 0.160. The molecule has 1 amide bonds. The van der Waals surface area contributed by atoms with Gasteiger partial charge in [-0.1, -0.05) is 48.2 Å². The second kappa shape index (κ2) is 8.36. The third-order valence-electron chi connectivity index (χ3n) is 5.33. The highest BCUT2D eigenvalue weighted by atomic mass is 32.2. The minimum Gasteiger partial charge on any atom is -0.453 e. The fraction of sp³-hybridized carbons (Fsp3) is 0.261. The van der Waals surface area contributed by atoms with Crippen LogP contribution in [-0.4, -0.2) is 44.4 Å². The van der Waals surface area contributed by atoms with E-state index in [4.69, 9.17) is 4.42 Å². The average molecular weight is 419 g/mol. The Morgan fingerprint density at radius 3 is 2.53 bits per heavy atom. The van der Waals surface area contributed by atoms with E-state index in [-0.39, 0.29) is 5.91 Å². The monoisotopic (exact) mass is 418 g/mol. The van der Waals surface area contributed by atoms with Gasteiger partial charge in [0.2, 0.25) is 11.7 Å². The molecule has 0 bridgehead atoms. The van der Waals surface area contributed by atoms with E-state index in [0.717, 1.165) is 42.6 Å². The van der Waals surface area contributed by atoms with Crippen LogP contribution < -0.4 is 0 Å². The first-order valence-electron chi connectivity index (χ1n) is 10.2. The van der Waals surface area contributed by atoms with Crippen LogP contribution in [0.3, 0.4) is 0 Å². The van der Waals surface area contributed by atoms with Crippen LogP contribution in [0.4, 0.5) is 0 Å². The Morgan fingerprint density at radius 2 is 1.73 bits per heavy atom. The van der Waals surface area contributed by atoms with E-state index in [2.05, 4.69) is 10.2 Å². The van der Waals surface area contributed by atoms with E-state index in [1.54, 1.807) is 0 Å². The van der Waals surface area contributed by atoms with Gasteiger partial charge >= 0.3 is 0 Å². The van der Waals surface area contributed by atoms with Gasteiger partial charge in [-0.3, -0.25) is 9.36 Å². The summed E-state index contributed by atoms with van der Waals surface area (Å²) in [5.41, 5.74) is 1.75. The average Bonchev–Trinajstić information content (AvgIpc) is 3.42. The molecule has 1 fully saturated rings. The maximum Gasteiger partial charge on any atom is 0.233 e. The molecule has 0 unspecified atom stereocenters. The number of fused-ring (bicyclic) bond motifs is 1. The molecule has 30 heavy (non-hydrogen) atoms. The van der Waals surface area contributed by atoms with Gasteiger partial charge in [-0.25, -0.2) is 0 Å². The molecule has 0 aliphatic carbocycles. The number of hydrogen-bond donors (Lipinski definition) is 0. The molecule has 152 valence electrons. The number of furan rings is 1. The first-order valence-corrected chi connectivity index (χ1v) is 11.2. The van der Waals surface area contributed by atoms with Gasteiger partial charge in [-0.2, -0.15) is 0 Å². The van der Waals surface area contributed by atoms with Gasteiger partial charge in [0.05, 0.1) is 5.75 Å². The van der Waals surface area contributed by atoms with Crippen molar-refractivity contribution in [3.63, 3.8) is 0 Å². The van der Waals surface area contributed by atoms with Crippen LogP contribution in [0.5, 0.6) is 0 Å². The van der Waals surface area contributed by atoms with E-state index >= 15 is 0 Å². The van der Waals surface area contributed by atoms with Crippen molar-refractivity contribution in [3.05, 3.63) is 60.7 Å². The van der Waals surface area contributed by atoms with Gasteiger partial charge in [-0.15, -0.1) is 10.2 Å². The number of piperidine rings is 1. The molecule has 7 heteroatoms. The summed E-state index contributed by atoms with van der Waals surface area (Å²) in [7, 11) is 0. The standard InChI is InChI=1S/C23H22N4O2S/c28-21(26-13-7-2-8-14-26)16-30-23-25-24-22(27(23)18-10-3-1-4-11-18)20-15-17-9-5-6-12-19(17)29-20/h1,3-6,9-12,15H,2,7-8,13-14,16H2. The fourth-order valence-electron chi connectivity index (χ4n) is 3.79. The van der Waals surface area contributed by atoms with Crippen LogP contribution in [0.15, 0.2) is 70.2 Å². The Labute approximate surface area is 178 Å². The number of rotatable bonds is 5. The third kappa shape index (κ3) is 3.73.